The van der Waals surface area contributed by atoms with Crippen LogP contribution in [0.1, 0.15) is 115 Å². The van der Waals surface area contributed by atoms with Crippen molar-refractivity contribution in [2.75, 3.05) is 11.5 Å². The summed E-state index contributed by atoms with van der Waals surface area (Å²) in [5.74, 6) is 4.70. The van der Waals surface area contributed by atoms with Gasteiger partial charge in [0, 0.05) is 23.2 Å². The molecule has 3 saturated carbocycles. The van der Waals surface area contributed by atoms with Crippen LogP contribution in [0.15, 0.2) is 41.5 Å². The van der Waals surface area contributed by atoms with E-state index in [9.17, 15) is 4.79 Å². The average molecular weight is 545 g/mol. The highest BCUT2D eigenvalue weighted by molar-refractivity contribution is 5.91. The first-order valence-corrected chi connectivity index (χ1v) is 16.4. The summed E-state index contributed by atoms with van der Waals surface area (Å²) in [5.41, 5.74) is 17.3. The third-order valence-corrected chi connectivity index (χ3v) is 12.3. The minimum atomic E-state index is -0.302. The number of carbonyl (C=O) groups excluding carboxylic acids is 1. The second kappa shape index (κ2) is 10.6. The van der Waals surface area contributed by atoms with Crippen LogP contribution in [-0.4, -0.2) is 12.1 Å². The van der Waals surface area contributed by atoms with E-state index in [2.05, 4.69) is 39.8 Å². The van der Waals surface area contributed by atoms with Gasteiger partial charge in [-0.3, -0.25) is 0 Å². The number of anilines is 2. The van der Waals surface area contributed by atoms with E-state index in [1.807, 2.05) is 0 Å². The zero-order valence-corrected chi connectivity index (χ0v) is 25.4. The quantitative estimate of drug-likeness (QED) is 0.195. The van der Waals surface area contributed by atoms with Gasteiger partial charge in [-0.15, -0.1) is 0 Å². The van der Waals surface area contributed by atoms with Gasteiger partial charge < -0.3 is 16.2 Å². The van der Waals surface area contributed by atoms with Gasteiger partial charge in [-0.25, -0.2) is 4.79 Å². The Labute approximate surface area is 242 Å². The summed E-state index contributed by atoms with van der Waals surface area (Å²) in [6, 6.07) is 5.02. The molecule has 0 heterocycles. The zero-order valence-electron chi connectivity index (χ0n) is 25.4. The van der Waals surface area contributed by atoms with Gasteiger partial charge in [0.2, 0.25) is 0 Å². The normalized spacial score (nSPS) is 37.1. The fourth-order valence-electron chi connectivity index (χ4n) is 10.4. The number of hydrogen-bond donors (Lipinski definition) is 2. The Morgan fingerprint density at radius 3 is 2.40 bits per heavy atom. The first-order valence-electron chi connectivity index (χ1n) is 16.4. The summed E-state index contributed by atoms with van der Waals surface area (Å²) in [4.78, 5) is 13.0. The van der Waals surface area contributed by atoms with E-state index in [4.69, 9.17) is 16.2 Å². The molecule has 40 heavy (non-hydrogen) atoms. The van der Waals surface area contributed by atoms with Crippen LogP contribution in [0.4, 0.5) is 11.4 Å². The highest BCUT2D eigenvalue weighted by Gasteiger charge is 2.61. The van der Waals surface area contributed by atoms with Crippen molar-refractivity contribution < 1.29 is 9.53 Å². The molecule has 3 fully saturated rings. The van der Waals surface area contributed by atoms with Crippen LogP contribution in [-0.2, 0) is 4.74 Å². The predicted molar refractivity (Wildman–Crippen MR) is 165 cm³/mol. The van der Waals surface area contributed by atoms with Gasteiger partial charge in [0.25, 0.3) is 0 Å². The number of carbonyl (C=O) groups is 1. The van der Waals surface area contributed by atoms with Gasteiger partial charge in [0.15, 0.2) is 0 Å². The lowest BCUT2D eigenvalue weighted by atomic mass is 9.45. The molecule has 4 nitrogen and oxygen atoms in total. The summed E-state index contributed by atoms with van der Waals surface area (Å²) >= 11 is 0. The maximum atomic E-state index is 13.0. The van der Waals surface area contributed by atoms with Crippen molar-refractivity contribution in [3.8, 4) is 0 Å². The number of esters is 1. The van der Waals surface area contributed by atoms with Gasteiger partial charge in [-0.1, -0.05) is 70.3 Å². The van der Waals surface area contributed by atoms with Gasteiger partial charge >= 0.3 is 5.97 Å². The first-order chi connectivity index (χ1) is 19.1. The number of nitrogen functional groups attached to an aromatic ring is 2. The molecule has 0 aromatic heterocycles. The van der Waals surface area contributed by atoms with Crippen LogP contribution >= 0.6 is 0 Å². The first kappa shape index (κ1) is 27.9. The molecule has 4 N–H and O–H groups in total. The molecule has 0 aliphatic heterocycles. The Hall–Kier alpha value is -2.23. The zero-order chi connectivity index (χ0) is 28.2. The number of ether oxygens (including phenoxy) is 1. The fourth-order valence-corrected chi connectivity index (χ4v) is 10.4. The summed E-state index contributed by atoms with van der Waals surface area (Å²) in [5, 5.41) is 0. The summed E-state index contributed by atoms with van der Waals surface area (Å²) < 4.78 is 6.08. The maximum Gasteiger partial charge on any atom is 0.338 e. The highest BCUT2D eigenvalue weighted by atomic mass is 16.5. The summed E-state index contributed by atoms with van der Waals surface area (Å²) in [6.07, 6.45) is 20.2. The molecule has 5 aliphatic carbocycles. The van der Waals surface area contributed by atoms with E-state index in [-0.39, 0.29) is 17.5 Å². The molecule has 218 valence electrons. The Bertz CT molecular complexity index is 1180. The molecule has 8 unspecified atom stereocenters. The van der Waals surface area contributed by atoms with Crippen LogP contribution in [0.3, 0.4) is 0 Å². The molecule has 0 radical (unpaired) electrons. The molecule has 5 aliphatic rings. The third kappa shape index (κ3) is 4.81. The number of hydrogen-bond acceptors (Lipinski definition) is 4. The Morgan fingerprint density at radius 2 is 1.70 bits per heavy atom. The lowest BCUT2D eigenvalue weighted by Crippen LogP contribution is -2.52. The molecule has 0 saturated heterocycles. The standard InChI is InChI=1S/C36H52N2O2/c1-22(2)6-5-7-23(3)31-12-13-32-30-11-10-26-20-29(40-34(39)24-18-27(37)21-28(38)19-24)14-17-36(26,25-8-9-25)33(30)15-16-35(31,32)4/h8,10,18-19,21-23,29-33H,5-7,9,11-17,20,37-38H2,1-4H3. The smallest absolute Gasteiger partial charge is 0.338 e. The minimum Gasteiger partial charge on any atom is -0.458 e. The van der Waals surface area contributed by atoms with Gasteiger partial charge in [0.05, 0.1) is 5.56 Å². The summed E-state index contributed by atoms with van der Waals surface area (Å²) in [7, 11) is 0. The largest absolute Gasteiger partial charge is 0.458 e. The topological polar surface area (TPSA) is 78.3 Å². The van der Waals surface area contributed by atoms with Crippen molar-refractivity contribution in [1.29, 1.82) is 0 Å². The van der Waals surface area contributed by atoms with Gasteiger partial charge in [-0.05, 0) is 110 Å². The number of rotatable bonds is 8. The Balaban J connectivity index is 1.18. The highest BCUT2D eigenvalue weighted by Crippen LogP contribution is 2.70. The van der Waals surface area contributed by atoms with E-state index in [1.165, 1.54) is 57.8 Å². The average Bonchev–Trinajstić information content (AvgIpc) is 3.69. The van der Waals surface area contributed by atoms with E-state index in [0.717, 1.165) is 54.8 Å². The van der Waals surface area contributed by atoms with Crippen LogP contribution in [0.5, 0.6) is 0 Å². The fraction of sp³-hybridized carbons (Fsp3) is 0.694. The lowest BCUT2D eigenvalue weighted by Gasteiger charge is -2.59. The van der Waals surface area contributed by atoms with E-state index in [1.54, 1.807) is 29.3 Å². The second-order valence-electron chi connectivity index (χ2n) is 14.9. The molecular formula is C36H52N2O2. The number of allylic oxidation sites excluding steroid dienone is 3. The summed E-state index contributed by atoms with van der Waals surface area (Å²) in [6.45, 7) is 9.98. The number of fused-ring (bicyclic) bond motifs is 5. The maximum absolute atomic E-state index is 13.0. The van der Waals surface area contributed by atoms with Crippen LogP contribution in [0, 0.1) is 46.3 Å². The third-order valence-electron chi connectivity index (χ3n) is 12.3. The molecule has 0 spiro atoms. The van der Waals surface area contributed by atoms with Crippen molar-refractivity contribution in [2.24, 2.45) is 46.3 Å². The SMILES string of the molecule is CC(C)CCCC(C)C1CCC2C3CC=C4CC(OC(=O)c5cc(N)cc(N)c5)CCC4(C4=CC4)C3CCC12C. The van der Waals surface area contributed by atoms with Crippen molar-refractivity contribution in [3.63, 3.8) is 0 Å². The van der Waals surface area contributed by atoms with Crippen LogP contribution in [0.2, 0.25) is 0 Å². The lowest BCUT2D eigenvalue weighted by molar-refractivity contribution is -0.0529. The van der Waals surface area contributed by atoms with Crippen molar-refractivity contribution in [2.45, 2.75) is 111 Å². The van der Waals surface area contributed by atoms with E-state index < -0.39 is 0 Å². The Morgan fingerprint density at radius 1 is 0.950 bits per heavy atom. The molecular weight excluding hydrogens is 492 g/mol. The van der Waals surface area contributed by atoms with Gasteiger partial charge in [0.1, 0.15) is 6.10 Å². The second-order valence-corrected chi connectivity index (χ2v) is 14.9. The Kier molecular flexibility index (Phi) is 7.36. The van der Waals surface area contributed by atoms with Crippen LogP contribution in [0.25, 0.3) is 0 Å². The van der Waals surface area contributed by atoms with Crippen molar-refractivity contribution >= 4 is 17.3 Å². The minimum absolute atomic E-state index is 0.0677. The molecule has 1 aromatic rings. The van der Waals surface area contributed by atoms with Crippen LogP contribution < -0.4 is 11.5 Å². The predicted octanol–water partition coefficient (Wildman–Crippen LogP) is 8.73. The van der Waals surface area contributed by atoms with Crippen molar-refractivity contribution in [3.05, 3.63) is 47.1 Å². The van der Waals surface area contributed by atoms with Gasteiger partial charge in [-0.2, -0.15) is 0 Å². The molecule has 1 aromatic carbocycles. The van der Waals surface area contributed by atoms with Crippen molar-refractivity contribution in [1.82, 2.24) is 0 Å². The van der Waals surface area contributed by atoms with E-state index >= 15 is 0 Å². The molecule has 8 atom stereocenters. The molecule has 6 rings (SSSR count). The van der Waals surface area contributed by atoms with E-state index in [0.29, 0.717) is 22.4 Å². The monoisotopic (exact) mass is 544 g/mol. The number of benzene rings is 1. The molecule has 0 bridgehead atoms. The number of nitrogens with two attached hydrogens (primary N) is 2. The molecule has 4 heteroatoms. The molecule has 0 amide bonds.